The summed E-state index contributed by atoms with van der Waals surface area (Å²) in [5.41, 5.74) is 5.28. The molecule has 0 radical (unpaired) electrons. The first-order valence-corrected chi connectivity index (χ1v) is 12.3. The molecule has 1 heterocycles. The molecule has 0 aliphatic rings. The highest BCUT2D eigenvalue weighted by molar-refractivity contribution is 5.81. The Morgan fingerprint density at radius 1 is 1.03 bits per heavy atom. The predicted octanol–water partition coefficient (Wildman–Crippen LogP) is 6.02. The van der Waals surface area contributed by atoms with E-state index in [4.69, 9.17) is 9.72 Å². The zero-order valence-corrected chi connectivity index (χ0v) is 22.0. The quantitative estimate of drug-likeness (QED) is 0.384. The predicted molar refractivity (Wildman–Crippen MR) is 139 cm³/mol. The number of hydrogen-bond donors (Lipinski definition) is 2. The van der Waals surface area contributed by atoms with Gasteiger partial charge < -0.3 is 14.9 Å². The van der Waals surface area contributed by atoms with Crippen LogP contribution in [0.4, 0.5) is 4.39 Å². The lowest BCUT2D eigenvalue weighted by molar-refractivity contribution is -0.124. The molecule has 0 saturated carbocycles. The van der Waals surface area contributed by atoms with E-state index < -0.39 is 12.2 Å². The van der Waals surface area contributed by atoms with Crippen molar-refractivity contribution < 1.29 is 24.1 Å². The number of benzene rings is 1. The Kier molecular flexibility index (Phi) is 10.7. The van der Waals surface area contributed by atoms with Crippen LogP contribution < -0.4 is 0 Å². The van der Waals surface area contributed by atoms with Gasteiger partial charge in [-0.15, -0.1) is 0 Å². The van der Waals surface area contributed by atoms with Gasteiger partial charge in [-0.05, 0) is 35.1 Å². The van der Waals surface area contributed by atoms with Crippen molar-refractivity contribution in [3.63, 3.8) is 0 Å². The molecule has 0 bridgehead atoms. The number of ether oxygens (including phenoxy) is 1. The number of aliphatic hydroxyl groups excluding tert-OH is 2. The van der Waals surface area contributed by atoms with Gasteiger partial charge in [0.1, 0.15) is 11.6 Å². The van der Waals surface area contributed by atoms with Gasteiger partial charge in [0, 0.05) is 42.7 Å². The number of nitrogens with zero attached hydrogens (tertiary/aromatic N) is 1. The normalized spacial score (nSPS) is 13.9. The van der Waals surface area contributed by atoms with E-state index >= 15 is 0 Å². The van der Waals surface area contributed by atoms with Gasteiger partial charge in [0.15, 0.2) is 0 Å². The van der Waals surface area contributed by atoms with Crippen LogP contribution in [0.5, 0.6) is 0 Å². The van der Waals surface area contributed by atoms with Gasteiger partial charge in [0.25, 0.3) is 0 Å². The standard InChI is InChI=1S/C29H40FNO4/c1-17(2)26(34)15-23(33)14-22(32)12-13-24-27(20-8-10-21(30)11-9-20)25(16-35-7)29(19(5)6)31-28(24)18(3)4/h8-13,17-19,22-23,32-33H,14-16H2,1-7H3/b13-12+/t22-,23-/m1/s1. The number of pyridine rings is 1. The number of ketones is 1. The first-order valence-electron chi connectivity index (χ1n) is 12.3. The second kappa shape index (κ2) is 13.1. The minimum Gasteiger partial charge on any atom is -0.393 e. The molecular formula is C29H40FNO4. The van der Waals surface area contributed by atoms with E-state index in [0.29, 0.717) is 6.61 Å². The van der Waals surface area contributed by atoms with Crippen molar-refractivity contribution in [3.8, 4) is 11.1 Å². The van der Waals surface area contributed by atoms with E-state index in [1.165, 1.54) is 12.1 Å². The van der Waals surface area contributed by atoms with Gasteiger partial charge in [-0.3, -0.25) is 9.78 Å². The molecule has 2 atom stereocenters. The average Bonchev–Trinajstić information content (AvgIpc) is 2.77. The third-order valence-corrected chi connectivity index (χ3v) is 5.99. The molecule has 1 aromatic heterocycles. The van der Waals surface area contributed by atoms with Crippen molar-refractivity contribution >= 4 is 11.9 Å². The summed E-state index contributed by atoms with van der Waals surface area (Å²) in [6.45, 7) is 12.2. The topological polar surface area (TPSA) is 79.7 Å². The number of rotatable bonds is 12. The summed E-state index contributed by atoms with van der Waals surface area (Å²) in [4.78, 5) is 16.9. The Bertz CT molecular complexity index is 1010. The summed E-state index contributed by atoms with van der Waals surface area (Å²) in [5, 5.41) is 20.9. The van der Waals surface area contributed by atoms with Crippen LogP contribution in [0.3, 0.4) is 0 Å². The monoisotopic (exact) mass is 485 g/mol. The molecule has 0 saturated heterocycles. The van der Waals surface area contributed by atoms with Gasteiger partial charge in [0.2, 0.25) is 0 Å². The summed E-state index contributed by atoms with van der Waals surface area (Å²) in [6.07, 6.45) is 1.66. The van der Waals surface area contributed by atoms with Crippen LogP contribution >= 0.6 is 0 Å². The summed E-state index contributed by atoms with van der Waals surface area (Å²) in [7, 11) is 1.63. The minimum atomic E-state index is -0.943. The third kappa shape index (κ3) is 7.79. The van der Waals surface area contributed by atoms with E-state index in [9.17, 15) is 19.4 Å². The molecule has 2 aromatic rings. The van der Waals surface area contributed by atoms with E-state index in [0.717, 1.165) is 33.6 Å². The molecule has 0 spiro atoms. The van der Waals surface area contributed by atoms with Gasteiger partial charge >= 0.3 is 0 Å². The lowest BCUT2D eigenvalue weighted by atomic mass is 9.87. The Labute approximate surface area is 209 Å². The molecule has 2 rings (SSSR count). The number of hydrogen-bond acceptors (Lipinski definition) is 5. The molecule has 35 heavy (non-hydrogen) atoms. The summed E-state index contributed by atoms with van der Waals surface area (Å²) in [5.74, 6) is -0.272. The lowest BCUT2D eigenvalue weighted by Gasteiger charge is -2.23. The van der Waals surface area contributed by atoms with Crippen LogP contribution in [0.2, 0.25) is 0 Å². The fourth-order valence-corrected chi connectivity index (χ4v) is 4.12. The van der Waals surface area contributed by atoms with Crippen molar-refractivity contribution in [2.75, 3.05) is 7.11 Å². The van der Waals surface area contributed by atoms with Crippen LogP contribution in [-0.2, 0) is 16.1 Å². The van der Waals surface area contributed by atoms with Gasteiger partial charge in [0.05, 0.1) is 24.5 Å². The molecule has 0 amide bonds. The van der Waals surface area contributed by atoms with E-state index in [2.05, 4.69) is 27.7 Å². The Morgan fingerprint density at radius 2 is 1.63 bits per heavy atom. The molecule has 0 fully saturated rings. The molecule has 0 unspecified atom stereocenters. The van der Waals surface area contributed by atoms with Crippen molar-refractivity contribution in [2.45, 2.75) is 85.0 Å². The minimum absolute atomic E-state index is 0.0171. The number of halogens is 1. The first-order chi connectivity index (χ1) is 16.5. The zero-order valence-electron chi connectivity index (χ0n) is 22.0. The highest BCUT2D eigenvalue weighted by Gasteiger charge is 2.23. The number of carbonyl (C=O) groups is 1. The molecule has 0 aliphatic carbocycles. The number of methoxy groups -OCH3 is 1. The Hall–Kier alpha value is -2.41. The first kappa shape index (κ1) is 28.8. The molecule has 6 heteroatoms. The second-order valence-electron chi connectivity index (χ2n) is 10.0. The van der Waals surface area contributed by atoms with Crippen LogP contribution in [0, 0.1) is 11.7 Å². The Balaban J connectivity index is 2.60. The highest BCUT2D eigenvalue weighted by atomic mass is 19.1. The van der Waals surface area contributed by atoms with E-state index in [-0.39, 0.29) is 42.2 Å². The highest BCUT2D eigenvalue weighted by Crippen LogP contribution is 2.38. The molecule has 0 aliphatic heterocycles. The Morgan fingerprint density at radius 3 is 2.14 bits per heavy atom. The van der Waals surface area contributed by atoms with Gasteiger partial charge in [-0.1, -0.05) is 65.8 Å². The zero-order chi connectivity index (χ0) is 26.3. The number of Topliss-reactive ketones (excluding diaryl/α,β-unsaturated/α-hetero) is 1. The summed E-state index contributed by atoms with van der Waals surface area (Å²) in [6, 6.07) is 6.35. The van der Waals surface area contributed by atoms with Crippen LogP contribution in [-0.4, -0.2) is 40.3 Å². The van der Waals surface area contributed by atoms with E-state index in [1.54, 1.807) is 39.2 Å². The maximum Gasteiger partial charge on any atom is 0.137 e. The van der Waals surface area contributed by atoms with Crippen molar-refractivity contribution in [1.29, 1.82) is 0 Å². The smallest absolute Gasteiger partial charge is 0.137 e. The van der Waals surface area contributed by atoms with Crippen molar-refractivity contribution in [2.24, 2.45) is 5.92 Å². The maximum absolute atomic E-state index is 13.8. The van der Waals surface area contributed by atoms with Crippen LogP contribution in [0.1, 0.15) is 88.7 Å². The van der Waals surface area contributed by atoms with Crippen molar-refractivity contribution in [1.82, 2.24) is 4.98 Å². The van der Waals surface area contributed by atoms with Gasteiger partial charge in [-0.25, -0.2) is 4.39 Å². The molecule has 1 aromatic carbocycles. The summed E-state index contributed by atoms with van der Waals surface area (Å²) < 4.78 is 19.3. The molecule has 192 valence electrons. The SMILES string of the molecule is COCc1c(C(C)C)nc(C(C)C)c(/C=C/[C@@H](O)C[C@@H](O)CC(=O)C(C)C)c1-c1ccc(F)cc1. The molecule has 2 N–H and O–H groups in total. The lowest BCUT2D eigenvalue weighted by Crippen LogP contribution is -2.21. The number of aromatic nitrogens is 1. The van der Waals surface area contributed by atoms with Crippen molar-refractivity contribution in [3.05, 3.63) is 58.7 Å². The summed E-state index contributed by atoms with van der Waals surface area (Å²) >= 11 is 0. The number of carbonyl (C=O) groups excluding carboxylic acids is 1. The maximum atomic E-state index is 13.8. The van der Waals surface area contributed by atoms with Gasteiger partial charge in [-0.2, -0.15) is 0 Å². The average molecular weight is 486 g/mol. The fourth-order valence-electron chi connectivity index (χ4n) is 4.12. The largest absolute Gasteiger partial charge is 0.393 e. The fraction of sp³-hybridized carbons (Fsp3) is 0.517. The third-order valence-electron chi connectivity index (χ3n) is 5.99. The molecule has 5 nitrogen and oxygen atoms in total. The second-order valence-corrected chi connectivity index (χ2v) is 10.0. The van der Waals surface area contributed by atoms with Crippen LogP contribution in [0.25, 0.3) is 17.2 Å². The molecular weight excluding hydrogens is 445 g/mol. The van der Waals surface area contributed by atoms with Crippen LogP contribution in [0.15, 0.2) is 30.3 Å². The van der Waals surface area contributed by atoms with E-state index in [1.807, 2.05) is 6.08 Å². The number of aliphatic hydroxyl groups is 2.